The SMILES string of the molecule is CCc1nc2c([nH]1)CCc1c-2ccc2cc(-c3ccc4c(c3)c3sccc3c3nc(C(C)C)[nH]c43)sc12. The Bertz CT molecular complexity index is 2010. The predicted molar refractivity (Wildman–Crippen MR) is 158 cm³/mol. The Morgan fingerprint density at radius 3 is 2.70 bits per heavy atom. The van der Waals surface area contributed by atoms with Gasteiger partial charge in [0.2, 0.25) is 0 Å². The van der Waals surface area contributed by atoms with Crippen LogP contribution in [-0.4, -0.2) is 19.9 Å². The van der Waals surface area contributed by atoms with Gasteiger partial charge in [-0.1, -0.05) is 45.0 Å². The Balaban J connectivity index is 1.32. The molecule has 2 N–H and O–H groups in total. The van der Waals surface area contributed by atoms with Crippen molar-refractivity contribution in [2.24, 2.45) is 0 Å². The standard InChI is InChI=1S/C31H26N4S2/c1-4-25-32-23-10-9-20-18(26(23)33-25)8-6-17-14-24(37-29(17)20)16-5-7-19-22(13-16)30-21(11-12-36-30)28-27(19)34-31(35-28)15(2)3/h5-8,11-15H,4,9-10H2,1-3H3,(H,32,33)(H,34,35). The third kappa shape index (κ3) is 3.06. The highest BCUT2D eigenvalue weighted by Crippen LogP contribution is 2.44. The minimum absolute atomic E-state index is 0.367. The number of aromatic nitrogens is 4. The largest absolute Gasteiger partial charge is 0.345 e. The fraction of sp³-hybridized carbons (Fsp3) is 0.226. The molecule has 1 aliphatic rings. The van der Waals surface area contributed by atoms with E-state index in [1.807, 2.05) is 22.7 Å². The Morgan fingerprint density at radius 2 is 1.84 bits per heavy atom. The zero-order valence-corrected chi connectivity index (χ0v) is 22.7. The summed E-state index contributed by atoms with van der Waals surface area (Å²) in [6, 6.07) is 16.1. The first-order valence-electron chi connectivity index (χ1n) is 13.1. The maximum Gasteiger partial charge on any atom is 0.109 e. The first-order chi connectivity index (χ1) is 18.1. The smallest absolute Gasteiger partial charge is 0.109 e. The molecule has 0 atom stereocenters. The lowest BCUT2D eigenvalue weighted by Gasteiger charge is -2.15. The number of hydrogen-bond donors (Lipinski definition) is 2. The van der Waals surface area contributed by atoms with Crippen LogP contribution >= 0.6 is 22.7 Å². The molecular formula is C31H26N4S2. The molecule has 0 bridgehead atoms. The van der Waals surface area contributed by atoms with Gasteiger partial charge in [0.05, 0.1) is 16.7 Å². The van der Waals surface area contributed by atoms with Crippen molar-refractivity contribution < 1.29 is 0 Å². The fourth-order valence-electron chi connectivity index (χ4n) is 5.92. The van der Waals surface area contributed by atoms with E-state index in [0.717, 1.165) is 47.6 Å². The number of H-pyrrole nitrogens is 2. The van der Waals surface area contributed by atoms with Crippen molar-refractivity contribution >= 4 is 64.7 Å². The van der Waals surface area contributed by atoms with Gasteiger partial charge in [-0.05, 0) is 52.9 Å². The van der Waals surface area contributed by atoms with Gasteiger partial charge in [0, 0.05) is 54.0 Å². The molecule has 0 unspecified atom stereocenters. The molecule has 8 rings (SSSR count). The molecule has 0 saturated heterocycles. The number of nitrogens with one attached hydrogen (secondary N) is 2. The zero-order chi connectivity index (χ0) is 24.8. The van der Waals surface area contributed by atoms with Crippen LogP contribution in [0, 0.1) is 0 Å². The second-order valence-corrected chi connectivity index (χ2v) is 12.4. The van der Waals surface area contributed by atoms with Gasteiger partial charge < -0.3 is 9.97 Å². The second kappa shape index (κ2) is 7.76. The predicted octanol–water partition coefficient (Wildman–Crippen LogP) is 8.99. The molecule has 0 amide bonds. The summed E-state index contributed by atoms with van der Waals surface area (Å²) in [6.07, 6.45) is 3.04. The van der Waals surface area contributed by atoms with Gasteiger partial charge in [-0.3, -0.25) is 0 Å². The molecule has 4 aromatic heterocycles. The van der Waals surface area contributed by atoms with E-state index < -0.39 is 0 Å². The molecular weight excluding hydrogens is 493 g/mol. The molecule has 4 heterocycles. The van der Waals surface area contributed by atoms with E-state index in [2.05, 4.69) is 78.6 Å². The van der Waals surface area contributed by atoms with Crippen LogP contribution < -0.4 is 0 Å². The van der Waals surface area contributed by atoms with Crippen molar-refractivity contribution in [2.45, 2.75) is 46.0 Å². The summed E-state index contributed by atoms with van der Waals surface area (Å²) in [5.41, 5.74) is 8.74. The van der Waals surface area contributed by atoms with Crippen LogP contribution in [0.1, 0.15) is 49.6 Å². The highest BCUT2D eigenvalue weighted by atomic mass is 32.1. The number of aromatic amines is 2. The lowest BCUT2D eigenvalue weighted by atomic mass is 9.91. The van der Waals surface area contributed by atoms with Gasteiger partial charge >= 0.3 is 0 Å². The van der Waals surface area contributed by atoms with Crippen molar-refractivity contribution in [3.8, 4) is 21.7 Å². The van der Waals surface area contributed by atoms with Gasteiger partial charge in [-0.25, -0.2) is 9.97 Å². The highest BCUT2D eigenvalue weighted by Gasteiger charge is 2.23. The van der Waals surface area contributed by atoms with Crippen molar-refractivity contribution in [2.75, 3.05) is 0 Å². The fourth-order valence-corrected chi connectivity index (χ4v) is 8.08. The lowest BCUT2D eigenvalue weighted by Crippen LogP contribution is -2.03. The highest BCUT2D eigenvalue weighted by molar-refractivity contribution is 7.22. The normalized spacial score (nSPS) is 13.4. The van der Waals surface area contributed by atoms with Crippen LogP contribution in [0.15, 0.2) is 47.8 Å². The Morgan fingerprint density at radius 1 is 0.919 bits per heavy atom. The molecule has 182 valence electrons. The number of rotatable bonds is 3. The van der Waals surface area contributed by atoms with Crippen molar-refractivity contribution in [1.82, 2.24) is 19.9 Å². The maximum absolute atomic E-state index is 4.98. The second-order valence-electron chi connectivity index (χ2n) is 10.4. The third-order valence-corrected chi connectivity index (χ3v) is 10.0. The topological polar surface area (TPSA) is 57.4 Å². The minimum Gasteiger partial charge on any atom is -0.345 e. The van der Waals surface area contributed by atoms with Gasteiger partial charge in [-0.15, -0.1) is 22.7 Å². The molecule has 7 aromatic rings. The molecule has 0 saturated carbocycles. The van der Waals surface area contributed by atoms with E-state index in [0.29, 0.717) is 5.92 Å². The van der Waals surface area contributed by atoms with Crippen LogP contribution in [-0.2, 0) is 19.3 Å². The number of imidazole rings is 2. The third-order valence-electron chi connectivity index (χ3n) is 7.84. The molecule has 37 heavy (non-hydrogen) atoms. The first-order valence-corrected chi connectivity index (χ1v) is 14.7. The minimum atomic E-state index is 0.367. The molecule has 1 aliphatic carbocycles. The number of thiophene rings is 2. The zero-order valence-electron chi connectivity index (χ0n) is 21.0. The van der Waals surface area contributed by atoms with Crippen LogP contribution in [0.3, 0.4) is 0 Å². The first kappa shape index (κ1) is 21.6. The Hall–Kier alpha value is -3.48. The average molecular weight is 519 g/mol. The van der Waals surface area contributed by atoms with Crippen molar-refractivity contribution in [3.05, 3.63) is 70.8 Å². The Kier molecular flexibility index (Phi) is 4.53. The number of hydrogen-bond acceptors (Lipinski definition) is 4. The van der Waals surface area contributed by atoms with Crippen molar-refractivity contribution in [3.63, 3.8) is 0 Å². The van der Waals surface area contributed by atoms with Crippen LogP contribution in [0.25, 0.3) is 63.7 Å². The molecule has 0 fully saturated rings. The summed E-state index contributed by atoms with van der Waals surface area (Å²) in [4.78, 5) is 18.4. The van der Waals surface area contributed by atoms with Gasteiger partial charge in [0.15, 0.2) is 0 Å². The molecule has 0 spiro atoms. The summed E-state index contributed by atoms with van der Waals surface area (Å²) >= 11 is 3.74. The van der Waals surface area contributed by atoms with Crippen LogP contribution in [0.4, 0.5) is 0 Å². The number of aryl methyl sites for hydroxylation is 3. The average Bonchev–Trinajstić information content (AvgIpc) is 3.70. The summed E-state index contributed by atoms with van der Waals surface area (Å²) in [7, 11) is 0. The molecule has 0 aliphatic heterocycles. The molecule has 4 nitrogen and oxygen atoms in total. The monoisotopic (exact) mass is 518 g/mol. The summed E-state index contributed by atoms with van der Waals surface area (Å²) < 4.78 is 2.73. The van der Waals surface area contributed by atoms with Crippen LogP contribution in [0.5, 0.6) is 0 Å². The van der Waals surface area contributed by atoms with E-state index in [1.54, 1.807) is 0 Å². The van der Waals surface area contributed by atoms with E-state index >= 15 is 0 Å². The van der Waals surface area contributed by atoms with E-state index in [9.17, 15) is 0 Å². The van der Waals surface area contributed by atoms with Crippen molar-refractivity contribution in [1.29, 1.82) is 0 Å². The quantitative estimate of drug-likeness (QED) is 0.245. The maximum atomic E-state index is 4.98. The number of nitrogens with zero attached hydrogens (tertiary/aromatic N) is 2. The lowest BCUT2D eigenvalue weighted by molar-refractivity contribution is 0.799. The van der Waals surface area contributed by atoms with Crippen LogP contribution in [0.2, 0.25) is 0 Å². The summed E-state index contributed by atoms with van der Waals surface area (Å²) in [5, 5.41) is 7.34. The molecule has 6 heteroatoms. The number of fused-ring (bicyclic) bond motifs is 11. The van der Waals surface area contributed by atoms with E-state index in [4.69, 9.17) is 9.97 Å². The Labute approximate surface area is 222 Å². The summed E-state index contributed by atoms with van der Waals surface area (Å²) in [5.74, 6) is 2.51. The van der Waals surface area contributed by atoms with Gasteiger partial charge in [0.25, 0.3) is 0 Å². The van der Waals surface area contributed by atoms with E-state index in [-0.39, 0.29) is 0 Å². The molecule has 0 radical (unpaired) electrons. The number of benzene rings is 3. The van der Waals surface area contributed by atoms with E-state index in [1.165, 1.54) is 58.2 Å². The van der Waals surface area contributed by atoms with Gasteiger partial charge in [0.1, 0.15) is 11.6 Å². The van der Waals surface area contributed by atoms with Gasteiger partial charge in [-0.2, -0.15) is 0 Å². The molecule has 3 aromatic carbocycles. The summed E-state index contributed by atoms with van der Waals surface area (Å²) in [6.45, 7) is 6.55.